The zero-order chi connectivity index (χ0) is 12.3. The van der Waals surface area contributed by atoms with Gasteiger partial charge in [0.25, 0.3) is 0 Å². The van der Waals surface area contributed by atoms with Crippen molar-refractivity contribution in [2.24, 2.45) is 0 Å². The first-order valence-electron chi connectivity index (χ1n) is 6.27. The van der Waals surface area contributed by atoms with E-state index in [0.717, 1.165) is 19.6 Å². The average molecular weight is 234 g/mol. The summed E-state index contributed by atoms with van der Waals surface area (Å²) >= 11 is 0. The molecule has 0 radical (unpaired) electrons. The van der Waals surface area contributed by atoms with Gasteiger partial charge in [0, 0.05) is 18.8 Å². The van der Waals surface area contributed by atoms with Gasteiger partial charge < -0.3 is 15.0 Å². The van der Waals surface area contributed by atoms with E-state index in [9.17, 15) is 0 Å². The van der Waals surface area contributed by atoms with Gasteiger partial charge >= 0.3 is 0 Å². The quantitative estimate of drug-likeness (QED) is 0.865. The molecule has 3 nitrogen and oxygen atoms in total. The van der Waals surface area contributed by atoms with E-state index in [4.69, 9.17) is 4.74 Å². The third-order valence-corrected chi connectivity index (χ3v) is 3.18. The van der Waals surface area contributed by atoms with Crippen molar-refractivity contribution in [2.75, 3.05) is 26.0 Å². The van der Waals surface area contributed by atoms with E-state index in [-0.39, 0.29) is 0 Å². The maximum atomic E-state index is 5.54. The number of ether oxygens (including phenoxy) is 1. The van der Waals surface area contributed by atoms with Crippen LogP contribution in [0.1, 0.15) is 18.9 Å². The summed E-state index contributed by atoms with van der Waals surface area (Å²) in [6.07, 6.45) is 1.41. The highest BCUT2D eigenvalue weighted by atomic mass is 16.5. The molecule has 2 rings (SSSR count). The first-order chi connectivity index (χ1) is 8.15. The second-order valence-electron chi connectivity index (χ2n) is 5.05. The lowest BCUT2D eigenvalue weighted by molar-refractivity contribution is 0.121. The lowest BCUT2D eigenvalue weighted by Gasteiger charge is -2.18. The molecule has 0 saturated carbocycles. The second kappa shape index (κ2) is 5.52. The van der Waals surface area contributed by atoms with E-state index >= 15 is 0 Å². The minimum Gasteiger partial charge on any atom is -0.380 e. The third-order valence-electron chi connectivity index (χ3n) is 3.18. The fourth-order valence-corrected chi connectivity index (χ4v) is 2.21. The number of nitrogens with one attached hydrogen (secondary N) is 1. The highest BCUT2D eigenvalue weighted by molar-refractivity contribution is 5.45. The molecular weight excluding hydrogens is 212 g/mol. The first kappa shape index (κ1) is 12.4. The Balaban J connectivity index is 1.93. The summed E-state index contributed by atoms with van der Waals surface area (Å²) in [6.45, 7) is 3.99. The highest BCUT2D eigenvalue weighted by Gasteiger charge is 2.23. The molecule has 0 bridgehead atoms. The molecule has 0 amide bonds. The van der Waals surface area contributed by atoms with Gasteiger partial charge in [0.1, 0.15) is 0 Å². The van der Waals surface area contributed by atoms with Crippen LogP contribution in [0.4, 0.5) is 5.69 Å². The summed E-state index contributed by atoms with van der Waals surface area (Å²) in [4.78, 5) is 2.18. The monoisotopic (exact) mass is 234 g/mol. The number of hydrogen-bond acceptors (Lipinski definition) is 3. The molecule has 0 spiro atoms. The number of hydrogen-bond donors (Lipinski definition) is 1. The minimum atomic E-state index is 0.316. The van der Waals surface area contributed by atoms with Crippen LogP contribution < -0.4 is 5.32 Å². The Morgan fingerprint density at radius 2 is 2.00 bits per heavy atom. The fraction of sp³-hybridized carbons (Fsp3) is 0.571. The molecule has 2 unspecified atom stereocenters. The molecule has 17 heavy (non-hydrogen) atoms. The van der Waals surface area contributed by atoms with Crippen LogP contribution in [-0.2, 0) is 11.3 Å². The molecule has 1 fully saturated rings. The molecule has 1 aliphatic rings. The van der Waals surface area contributed by atoms with Crippen LogP contribution in [0.2, 0.25) is 0 Å². The third kappa shape index (κ3) is 3.45. The predicted molar refractivity (Wildman–Crippen MR) is 71.3 cm³/mol. The first-order valence-corrected chi connectivity index (χ1v) is 6.27. The molecular formula is C14H22N2O. The van der Waals surface area contributed by atoms with E-state index in [1.807, 2.05) is 0 Å². The average Bonchev–Trinajstić information content (AvgIpc) is 2.67. The van der Waals surface area contributed by atoms with Gasteiger partial charge in [-0.25, -0.2) is 0 Å². The van der Waals surface area contributed by atoms with E-state index in [0.29, 0.717) is 12.1 Å². The lowest BCUT2D eigenvalue weighted by atomic mass is 10.1. The van der Waals surface area contributed by atoms with Crippen LogP contribution in [0.25, 0.3) is 0 Å². The minimum absolute atomic E-state index is 0.316. The molecule has 1 aromatic rings. The van der Waals surface area contributed by atoms with Crippen LogP contribution >= 0.6 is 0 Å². The van der Waals surface area contributed by atoms with Gasteiger partial charge in [-0.15, -0.1) is 0 Å². The number of anilines is 1. The molecule has 1 aliphatic heterocycles. The maximum Gasteiger partial charge on any atom is 0.0748 e. The van der Waals surface area contributed by atoms with Gasteiger partial charge in [-0.2, -0.15) is 0 Å². The van der Waals surface area contributed by atoms with Gasteiger partial charge in [-0.1, -0.05) is 12.1 Å². The Kier molecular flexibility index (Phi) is 4.02. The summed E-state index contributed by atoms with van der Waals surface area (Å²) < 4.78 is 5.54. The zero-order valence-corrected chi connectivity index (χ0v) is 10.9. The molecule has 3 heteroatoms. The van der Waals surface area contributed by atoms with Crippen molar-refractivity contribution in [1.29, 1.82) is 0 Å². The topological polar surface area (TPSA) is 24.5 Å². The Morgan fingerprint density at radius 1 is 1.29 bits per heavy atom. The smallest absolute Gasteiger partial charge is 0.0748 e. The normalized spacial score (nSPS) is 24.2. The van der Waals surface area contributed by atoms with E-state index in [2.05, 4.69) is 55.5 Å². The standard InChI is InChI=1S/C14H22N2O/c1-11-14(8-9-17-11)15-13-6-4-12(5-7-13)10-16(2)3/h4-7,11,14-15H,8-10H2,1-3H3. The number of rotatable bonds is 4. The Hall–Kier alpha value is -1.06. The van der Waals surface area contributed by atoms with E-state index < -0.39 is 0 Å². The van der Waals surface area contributed by atoms with Crippen molar-refractivity contribution >= 4 is 5.69 Å². The van der Waals surface area contributed by atoms with Gasteiger partial charge in [0.15, 0.2) is 0 Å². The SMILES string of the molecule is CC1OCCC1Nc1ccc(CN(C)C)cc1. The van der Waals surface area contributed by atoms with Crippen LogP contribution in [0, 0.1) is 0 Å². The Bertz CT molecular complexity index is 348. The van der Waals surface area contributed by atoms with Gasteiger partial charge in [0.2, 0.25) is 0 Å². The predicted octanol–water partition coefficient (Wildman–Crippen LogP) is 2.34. The molecule has 2 atom stereocenters. The summed E-state index contributed by atoms with van der Waals surface area (Å²) in [5, 5.41) is 3.53. The fourth-order valence-electron chi connectivity index (χ4n) is 2.21. The van der Waals surface area contributed by atoms with Crippen LogP contribution in [-0.4, -0.2) is 37.7 Å². The Labute approximate surface area is 104 Å². The molecule has 94 valence electrons. The molecule has 1 heterocycles. The van der Waals surface area contributed by atoms with Crippen molar-refractivity contribution in [3.63, 3.8) is 0 Å². The van der Waals surface area contributed by atoms with Crippen molar-refractivity contribution in [3.8, 4) is 0 Å². The largest absolute Gasteiger partial charge is 0.380 e. The number of nitrogens with zero attached hydrogens (tertiary/aromatic N) is 1. The molecule has 1 saturated heterocycles. The van der Waals surface area contributed by atoms with Crippen LogP contribution in [0.15, 0.2) is 24.3 Å². The van der Waals surface area contributed by atoms with Crippen molar-refractivity contribution in [2.45, 2.75) is 32.0 Å². The van der Waals surface area contributed by atoms with Gasteiger partial charge in [-0.05, 0) is 45.1 Å². The van der Waals surface area contributed by atoms with Crippen LogP contribution in [0.3, 0.4) is 0 Å². The Morgan fingerprint density at radius 3 is 2.53 bits per heavy atom. The van der Waals surface area contributed by atoms with Gasteiger partial charge in [0.05, 0.1) is 12.1 Å². The highest BCUT2D eigenvalue weighted by Crippen LogP contribution is 2.19. The summed E-state index contributed by atoms with van der Waals surface area (Å²) in [7, 11) is 4.17. The van der Waals surface area contributed by atoms with E-state index in [1.54, 1.807) is 0 Å². The zero-order valence-electron chi connectivity index (χ0n) is 10.9. The molecule has 1 N–H and O–H groups in total. The van der Waals surface area contributed by atoms with E-state index in [1.165, 1.54) is 11.3 Å². The second-order valence-corrected chi connectivity index (χ2v) is 5.05. The maximum absolute atomic E-state index is 5.54. The number of benzene rings is 1. The summed E-state index contributed by atoms with van der Waals surface area (Å²) in [5.41, 5.74) is 2.53. The van der Waals surface area contributed by atoms with Crippen molar-refractivity contribution < 1.29 is 4.74 Å². The molecule has 0 aliphatic carbocycles. The lowest BCUT2D eigenvalue weighted by Crippen LogP contribution is -2.26. The summed E-state index contributed by atoms with van der Waals surface area (Å²) in [5.74, 6) is 0. The van der Waals surface area contributed by atoms with Crippen molar-refractivity contribution in [1.82, 2.24) is 4.90 Å². The van der Waals surface area contributed by atoms with Crippen molar-refractivity contribution in [3.05, 3.63) is 29.8 Å². The van der Waals surface area contributed by atoms with Gasteiger partial charge in [-0.3, -0.25) is 0 Å². The van der Waals surface area contributed by atoms with Crippen LogP contribution in [0.5, 0.6) is 0 Å². The molecule has 0 aromatic heterocycles. The molecule has 1 aromatic carbocycles. The summed E-state index contributed by atoms with van der Waals surface area (Å²) in [6, 6.07) is 9.13.